The molecule has 1 fully saturated rings. The predicted molar refractivity (Wildman–Crippen MR) is 85.8 cm³/mol. The van der Waals surface area contributed by atoms with Crippen LogP contribution < -0.4 is 5.32 Å². The number of anilines is 1. The van der Waals surface area contributed by atoms with E-state index >= 15 is 0 Å². The highest BCUT2D eigenvalue weighted by Crippen LogP contribution is 2.28. The lowest BCUT2D eigenvalue weighted by Gasteiger charge is -2.32. The molecule has 2 heterocycles. The molecule has 6 nitrogen and oxygen atoms in total. The highest BCUT2D eigenvalue weighted by Gasteiger charge is 2.43. The Morgan fingerprint density at radius 2 is 2.33 bits per heavy atom. The topological polar surface area (TPSA) is 82.2 Å². The summed E-state index contributed by atoms with van der Waals surface area (Å²) >= 11 is 5.92. The van der Waals surface area contributed by atoms with E-state index in [1.165, 1.54) is 11.0 Å². The van der Waals surface area contributed by atoms with Crippen LogP contribution in [0.5, 0.6) is 0 Å². The second-order valence-electron chi connectivity index (χ2n) is 5.63. The number of carbonyl (C=O) groups is 1. The third-order valence-corrected chi connectivity index (χ3v) is 4.09. The number of carbonyl (C=O) groups excluding carboxylic acids is 1. The second-order valence-corrected chi connectivity index (χ2v) is 6.07. The van der Waals surface area contributed by atoms with Crippen molar-refractivity contribution in [3.8, 4) is 17.5 Å². The number of halogens is 2. The number of nitrogens with zero attached hydrogens (tertiary/aromatic N) is 3. The van der Waals surface area contributed by atoms with Crippen LogP contribution in [0.15, 0.2) is 34.9 Å². The Balaban J connectivity index is 1.73. The van der Waals surface area contributed by atoms with Crippen molar-refractivity contribution in [2.75, 3.05) is 18.4 Å². The minimum absolute atomic E-state index is 0.0427. The zero-order chi connectivity index (χ0) is 17.2. The molecule has 1 aliphatic heterocycles. The molecule has 0 spiro atoms. The van der Waals surface area contributed by atoms with Crippen molar-refractivity contribution in [2.45, 2.75) is 18.5 Å². The lowest BCUT2D eigenvalue weighted by Crippen LogP contribution is -2.50. The average Bonchev–Trinajstić information content (AvgIpc) is 3.03. The number of piperidine rings is 1. The molecule has 1 atom stereocenters. The van der Waals surface area contributed by atoms with Gasteiger partial charge in [-0.05, 0) is 25.0 Å². The van der Waals surface area contributed by atoms with Crippen molar-refractivity contribution in [2.24, 2.45) is 0 Å². The number of hydrogen-bond acceptors (Lipinski definition) is 5. The van der Waals surface area contributed by atoms with Gasteiger partial charge in [-0.25, -0.2) is 4.39 Å². The van der Waals surface area contributed by atoms with Gasteiger partial charge in [-0.1, -0.05) is 28.9 Å². The number of aromatic nitrogens is 1. The molecular formula is C16H14ClFN4O2. The molecular weight excluding hydrogens is 335 g/mol. The van der Waals surface area contributed by atoms with Crippen LogP contribution in [0.4, 0.5) is 10.3 Å². The summed E-state index contributed by atoms with van der Waals surface area (Å²) in [6.07, 6.45) is 2.37. The Hall–Kier alpha value is -2.59. The molecule has 24 heavy (non-hydrogen) atoms. The first kappa shape index (κ1) is 16.3. The van der Waals surface area contributed by atoms with E-state index < -0.39 is 11.6 Å². The first-order chi connectivity index (χ1) is 11.5. The van der Waals surface area contributed by atoms with Gasteiger partial charge in [0.1, 0.15) is 5.69 Å². The third kappa shape index (κ3) is 3.34. The summed E-state index contributed by atoms with van der Waals surface area (Å²) in [5, 5.41) is 15.7. The first-order valence-corrected chi connectivity index (χ1v) is 7.76. The van der Waals surface area contributed by atoms with Crippen LogP contribution in [-0.2, 0) is 4.79 Å². The van der Waals surface area contributed by atoms with Gasteiger partial charge >= 0.3 is 0 Å². The Kier molecular flexibility index (Phi) is 4.40. The minimum atomic E-state index is -2.13. The van der Waals surface area contributed by atoms with Crippen LogP contribution in [0.25, 0.3) is 11.3 Å². The quantitative estimate of drug-likeness (QED) is 0.861. The van der Waals surface area contributed by atoms with Gasteiger partial charge < -0.3 is 9.42 Å². The summed E-state index contributed by atoms with van der Waals surface area (Å²) in [6, 6.07) is 8.48. The summed E-state index contributed by atoms with van der Waals surface area (Å²) in [7, 11) is 0. The van der Waals surface area contributed by atoms with Crippen LogP contribution in [0, 0.1) is 11.5 Å². The molecule has 1 N–H and O–H groups in total. The number of amides is 1. The molecule has 0 unspecified atom stereocenters. The summed E-state index contributed by atoms with van der Waals surface area (Å²) in [5.74, 6) is -0.794. The van der Waals surface area contributed by atoms with Crippen LogP contribution in [0.1, 0.15) is 12.8 Å². The van der Waals surface area contributed by atoms with E-state index in [9.17, 15) is 9.18 Å². The van der Waals surface area contributed by atoms with Gasteiger partial charge in [0.15, 0.2) is 6.19 Å². The molecule has 1 saturated heterocycles. The molecule has 0 radical (unpaired) electrons. The van der Waals surface area contributed by atoms with Crippen molar-refractivity contribution in [1.82, 2.24) is 10.1 Å². The zero-order valence-corrected chi connectivity index (χ0v) is 13.4. The number of nitriles is 1. The molecule has 8 heteroatoms. The van der Waals surface area contributed by atoms with Crippen LogP contribution >= 0.6 is 11.6 Å². The fourth-order valence-electron chi connectivity index (χ4n) is 2.62. The van der Waals surface area contributed by atoms with Crippen LogP contribution in [-0.4, -0.2) is 34.7 Å². The Labute approximate surface area is 142 Å². The zero-order valence-electron chi connectivity index (χ0n) is 12.6. The number of likely N-dealkylation sites (tertiary alicyclic amines) is 1. The minimum Gasteiger partial charge on any atom is -0.338 e. The molecule has 0 saturated carbocycles. The maximum absolute atomic E-state index is 14.8. The van der Waals surface area contributed by atoms with Gasteiger partial charge in [0, 0.05) is 23.2 Å². The fraction of sp³-hybridized carbons (Fsp3) is 0.312. The molecule has 0 bridgehead atoms. The number of hydrogen-bond donors (Lipinski definition) is 1. The predicted octanol–water partition coefficient (Wildman–Crippen LogP) is 3.22. The fourth-order valence-corrected chi connectivity index (χ4v) is 2.81. The van der Waals surface area contributed by atoms with Gasteiger partial charge in [0.2, 0.25) is 11.6 Å². The van der Waals surface area contributed by atoms with Crippen molar-refractivity contribution < 1.29 is 13.7 Å². The summed E-state index contributed by atoms with van der Waals surface area (Å²) in [6.45, 7) is 0.196. The van der Waals surface area contributed by atoms with Crippen molar-refractivity contribution in [1.29, 1.82) is 5.26 Å². The summed E-state index contributed by atoms with van der Waals surface area (Å²) in [5.41, 5.74) is -0.935. The summed E-state index contributed by atoms with van der Waals surface area (Å²) in [4.78, 5) is 13.5. The molecule has 124 valence electrons. The smallest absolute Gasteiger partial charge is 0.266 e. The van der Waals surface area contributed by atoms with Gasteiger partial charge in [0.25, 0.3) is 5.91 Å². The second kappa shape index (κ2) is 6.49. The van der Waals surface area contributed by atoms with Gasteiger partial charge in [-0.3, -0.25) is 10.1 Å². The Morgan fingerprint density at radius 3 is 3.08 bits per heavy atom. The average molecular weight is 349 g/mol. The maximum atomic E-state index is 14.8. The van der Waals surface area contributed by atoms with E-state index in [1.54, 1.807) is 24.3 Å². The van der Waals surface area contributed by atoms with Gasteiger partial charge in [0.05, 0.1) is 6.54 Å². The molecule has 0 aliphatic carbocycles. The van der Waals surface area contributed by atoms with E-state index in [0.29, 0.717) is 23.7 Å². The number of benzene rings is 1. The highest BCUT2D eigenvalue weighted by atomic mass is 35.5. The molecule has 2 aromatic rings. The van der Waals surface area contributed by atoms with E-state index in [1.807, 2.05) is 6.19 Å². The van der Waals surface area contributed by atoms with E-state index in [2.05, 4.69) is 10.5 Å². The third-order valence-electron chi connectivity index (χ3n) is 3.86. The number of rotatable bonds is 3. The maximum Gasteiger partial charge on any atom is 0.266 e. The molecule has 1 aromatic carbocycles. The Morgan fingerprint density at radius 1 is 1.50 bits per heavy atom. The van der Waals surface area contributed by atoms with E-state index in [4.69, 9.17) is 21.4 Å². The SMILES string of the molecule is N#CN1CCC[C@](F)(C(=O)Nc2cc(-c3cccc(Cl)c3)no2)C1. The lowest BCUT2D eigenvalue weighted by molar-refractivity contribution is -0.130. The molecule has 1 aromatic heterocycles. The van der Waals surface area contributed by atoms with Crippen LogP contribution in [0.3, 0.4) is 0 Å². The van der Waals surface area contributed by atoms with E-state index in [-0.39, 0.29) is 18.8 Å². The van der Waals surface area contributed by atoms with Crippen molar-refractivity contribution in [3.63, 3.8) is 0 Å². The monoisotopic (exact) mass is 348 g/mol. The first-order valence-electron chi connectivity index (χ1n) is 7.38. The standard InChI is InChI=1S/C16H14ClFN4O2/c17-12-4-1-3-11(7-12)13-8-14(24-21-13)20-15(23)16(18)5-2-6-22(9-16)10-19/h1,3-4,7-8H,2,5-6,9H2,(H,20,23)/t16-/m1/s1. The molecule has 3 rings (SSSR count). The number of alkyl halides is 1. The summed E-state index contributed by atoms with van der Waals surface area (Å²) < 4.78 is 19.8. The van der Waals surface area contributed by atoms with Crippen molar-refractivity contribution >= 4 is 23.4 Å². The number of nitrogens with one attached hydrogen (secondary N) is 1. The van der Waals surface area contributed by atoms with Gasteiger partial charge in [-0.15, -0.1) is 0 Å². The van der Waals surface area contributed by atoms with E-state index in [0.717, 1.165) is 5.56 Å². The van der Waals surface area contributed by atoms with Gasteiger partial charge in [-0.2, -0.15) is 5.26 Å². The lowest BCUT2D eigenvalue weighted by atomic mass is 9.94. The Bertz CT molecular complexity index is 803. The largest absolute Gasteiger partial charge is 0.338 e. The van der Waals surface area contributed by atoms with Crippen LogP contribution in [0.2, 0.25) is 5.02 Å². The normalized spacial score (nSPS) is 20.5. The van der Waals surface area contributed by atoms with Crippen molar-refractivity contribution in [3.05, 3.63) is 35.4 Å². The highest BCUT2D eigenvalue weighted by molar-refractivity contribution is 6.30. The molecule has 1 aliphatic rings. The molecule has 1 amide bonds.